The first-order valence-corrected chi connectivity index (χ1v) is 10.2. The molecule has 0 atom stereocenters. The Kier molecular flexibility index (Phi) is 6.83. The van der Waals surface area contributed by atoms with Gasteiger partial charge in [0, 0.05) is 11.4 Å². The molecule has 0 aliphatic heterocycles. The van der Waals surface area contributed by atoms with Gasteiger partial charge >= 0.3 is 5.97 Å². The summed E-state index contributed by atoms with van der Waals surface area (Å²) in [6.07, 6.45) is 1.31. The van der Waals surface area contributed by atoms with E-state index in [1.54, 1.807) is 7.11 Å². The normalized spacial score (nSPS) is 10.9. The third-order valence-corrected chi connectivity index (χ3v) is 5.41. The van der Waals surface area contributed by atoms with Crippen LogP contribution in [0.3, 0.4) is 0 Å². The minimum absolute atomic E-state index is 0.301. The Labute approximate surface area is 177 Å². The van der Waals surface area contributed by atoms with Crippen LogP contribution in [0.1, 0.15) is 13.8 Å². The van der Waals surface area contributed by atoms with Gasteiger partial charge in [-0.25, -0.2) is 4.98 Å². The molecule has 9 heteroatoms. The van der Waals surface area contributed by atoms with Crippen LogP contribution in [0.2, 0.25) is 0 Å². The minimum atomic E-state index is -0.676. The number of esters is 1. The first-order valence-electron chi connectivity index (χ1n) is 9.43. The van der Waals surface area contributed by atoms with E-state index in [1.165, 1.54) is 22.2 Å². The van der Waals surface area contributed by atoms with Crippen molar-refractivity contribution in [1.29, 1.82) is 0 Å². The van der Waals surface area contributed by atoms with Crippen molar-refractivity contribution in [3.05, 3.63) is 47.0 Å². The number of benzene rings is 1. The van der Waals surface area contributed by atoms with Gasteiger partial charge < -0.3 is 14.8 Å². The molecule has 0 saturated carbocycles. The van der Waals surface area contributed by atoms with Crippen LogP contribution in [0.25, 0.3) is 20.7 Å². The third-order valence-electron chi connectivity index (χ3n) is 4.25. The highest BCUT2D eigenvalue weighted by Gasteiger charge is 2.14. The number of amides is 1. The Morgan fingerprint density at radius 1 is 1.23 bits per heavy atom. The number of ether oxygens (including phenoxy) is 2. The van der Waals surface area contributed by atoms with E-state index in [-0.39, 0.29) is 24.6 Å². The summed E-state index contributed by atoms with van der Waals surface area (Å²) in [6, 6.07) is 9.34. The quantitative estimate of drug-likeness (QED) is 0.552. The molecule has 2 aromatic heterocycles. The molecule has 3 aromatic rings. The van der Waals surface area contributed by atoms with E-state index >= 15 is 0 Å². The number of nitrogens with zero attached hydrogens (tertiary/aromatic N) is 2. The molecule has 0 aliphatic rings. The molecule has 0 bridgehead atoms. The van der Waals surface area contributed by atoms with Crippen molar-refractivity contribution in [3.63, 3.8) is 0 Å². The Morgan fingerprint density at radius 3 is 2.63 bits per heavy atom. The summed E-state index contributed by atoms with van der Waals surface area (Å²) in [5.74, 6) is -0.00313. The topological polar surface area (TPSA) is 99.5 Å². The van der Waals surface area contributed by atoms with E-state index < -0.39 is 5.97 Å². The van der Waals surface area contributed by atoms with Crippen molar-refractivity contribution in [2.75, 3.05) is 20.3 Å². The van der Waals surface area contributed by atoms with Gasteiger partial charge in [-0.15, -0.1) is 11.3 Å². The fourth-order valence-electron chi connectivity index (χ4n) is 2.66. The number of hydrogen-bond acceptors (Lipinski definition) is 7. The van der Waals surface area contributed by atoms with Crippen LogP contribution in [0, 0.1) is 5.92 Å². The van der Waals surface area contributed by atoms with Gasteiger partial charge in [0.05, 0.1) is 19.0 Å². The Bertz CT molecular complexity index is 1100. The van der Waals surface area contributed by atoms with Crippen molar-refractivity contribution < 1.29 is 19.1 Å². The molecule has 1 aromatic carbocycles. The smallest absolute Gasteiger partial charge is 0.326 e. The highest BCUT2D eigenvalue weighted by molar-refractivity contribution is 7.22. The minimum Gasteiger partial charge on any atom is -0.497 e. The second-order valence-corrected chi connectivity index (χ2v) is 8.14. The van der Waals surface area contributed by atoms with Gasteiger partial charge in [-0.05, 0) is 41.8 Å². The maximum absolute atomic E-state index is 12.8. The number of fused-ring (bicyclic) bond motifs is 1. The predicted molar refractivity (Wildman–Crippen MR) is 115 cm³/mol. The maximum atomic E-state index is 12.8. The lowest BCUT2D eigenvalue weighted by molar-refractivity contribution is -0.149. The van der Waals surface area contributed by atoms with Gasteiger partial charge in [0.2, 0.25) is 0 Å². The van der Waals surface area contributed by atoms with Gasteiger partial charge in [-0.1, -0.05) is 13.8 Å². The molecule has 0 aliphatic carbocycles. The average Bonchev–Trinajstić information content (AvgIpc) is 3.18. The zero-order chi connectivity index (χ0) is 21.7. The fourth-order valence-corrected chi connectivity index (χ4v) is 3.72. The molecule has 0 unspecified atom stereocenters. The first kappa shape index (κ1) is 21.5. The molecule has 30 heavy (non-hydrogen) atoms. The zero-order valence-corrected chi connectivity index (χ0v) is 17.8. The summed E-state index contributed by atoms with van der Waals surface area (Å²) < 4.78 is 11.8. The van der Waals surface area contributed by atoms with Crippen molar-refractivity contribution in [1.82, 2.24) is 14.9 Å². The van der Waals surface area contributed by atoms with Crippen LogP contribution in [0.5, 0.6) is 5.75 Å². The molecule has 2 heterocycles. The molecule has 0 spiro atoms. The fraction of sp³-hybridized carbons (Fsp3) is 0.333. The predicted octanol–water partition coefficient (Wildman–Crippen LogP) is 2.45. The Balaban J connectivity index is 1.69. The number of rotatable bonds is 8. The Hall–Kier alpha value is -3.20. The maximum Gasteiger partial charge on any atom is 0.326 e. The summed E-state index contributed by atoms with van der Waals surface area (Å²) >= 11 is 1.31. The molecule has 0 saturated heterocycles. The number of aromatic nitrogens is 2. The van der Waals surface area contributed by atoms with Crippen LogP contribution >= 0.6 is 11.3 Å². The molecule has 1 amide bonds. The second kappa shape index (κ2) is 9.53. The zero-order valence-electron chi connectivity index (χ0n) is 17.0. The van der Waals surface area contributed by atoms with Gasteiger partial charge in [0.15, 0.2) is 6.61 Å². The third kappa shape index (κ3) is 5.24. The van der Waals surface area contributed by atoms with E-state index in [2.05, 4.69) is 10.3 Å². The number of hydrogen-bond donors (Lipinski definition) is 1. The van der Waals surface area contributed by atoms with E-state index in [0.29, 0.717) is 22.7 Å². The van der Waals surface area contributed by atoms with Crippen LogP contribution < -0.4 is 15.6 Å². The van der Waals surface area contributed by atoms with E-state index in [0.717, 1.165) is 16.2 Å². The van der Waals surface area contributed by atoms with Gasteiger partial charge in [-0.3, -0.25) is 19.0 Å². The van der Waals surface area contributed by atoms with Crippen LogP contribution in [0.15, 0.2) is 41.5 Å². The van der Waals surface area contributed by atoms with Crippen molar-refractivity contribution in [2.24, 2.45) is 5.92 Å². The van der Waals surface area contributed by atoms with Crippen molar-refractivity contribution in [2.45, 2.75) is 20.4 Å². The SMILES string of the molecule is COc1ccc(-c2cc3ncn(CC(=O)OCC(=O)NCC(C)C)c(=O)c3s2)cc1. The summed E-state index contributed by atoms with van der Waals surface area (Å²) in [7, 11) is 1.60. The van der Waals surface area contributed by atoms with E-state index in [4.69, 9.17) is 9.47 Å². The summed E-state index contributed by atoms with van der Waals surface area (Å²) in [5, 5.41) is 2.66. The molecular formula is C21H23N3O5S. The van der Waals surface area contributed by atoms with Crippen molar-refractivity contribution >= 4 is 33.4 Å². The number of carbonyl (C=O) groups excluding carboxylic acids is 2. The van der Waals surface area contributed by atoms with Gasteiger partial charge in [0.25, 0.3) is 11.5 Å². The molecule has 158 valence electrons. The molecule has 8 nitrogen and oxygen atoms in total. The van der Waals surface area contributed by atoms with Crippen LogP contribution in [0.4, 0.5) is 0 Å². The number of thiophene rings is 1. The summed E-state index contributed by atoms with van der Waals surface area (Å²) in [4.78, 5) is 41.6. The first-order chi connectivity index (χ1) is 14.4. The molecule has 1 N–H and O–H groups in total. The number of nitrogens with one attached hydrogen (secondary N) is 1. The average molecular weight is 429 g/mol. The second-order valence-electron chi connectivity index (χ2n) is 7.09. The highest BCUT2D eigenvalue weighted by atomic mass is 32.1. The molecule has 0 radical (unpaired) electrons. The highest BCUT2D eigenvalue weighted by Crippen LogP contribution is 2.31. The lowest BCUT2D eigenvalue weighted by Gasteiger charge is -2.09. The number of carbonyl (C=O) groups is 2. The molecule has 0 fully saturated rings. The molecular weight excluding hydrogens is 406 g/mol. The summed E-state index contributed by atoms with van der Waals surface area (Å²) in [5.41, 5.74) is 1.18. The lowest BCUT2D eigenvalue weighted by Crippen LogP contribution is -2.33. The van der Waals surface area contributed by atoms with E-state index in [9.17, 15) is 14.4 Å². The van der Waals surface area contributed by atoms with Gasteiger partial charge in [-0.2, -0.15) is 0 Å². The van der Waals surface area contributed by atoms with Gasteiger partial charge in [0.1, 0.15) is 17.0 Å². The lowest BCUT2D eigenvalue weighted by atomic mass is 10.2. The number of methoxy groups -OCH3 is 1. The van der Waals surface area contributed by atoms with E-state index in [1.807, 2.05) is 44.2 Å². The largest absolute Gasteiger partial charge is 0.497 e. The Morgan fingerprint density at radius 2 is 1.97 bits per heavy atom. The van der Waals surface area contributed by atoms with Crippen molar-refractivity contribution in [3.8, 4) is 16.2 Å². The standard InChI is InChI=1S/C21H23N3O5S/c1-13(2)9-22-18(25)11-29-19(26)10-24-12-23-16-8-17(30-20(16)21(24)27)14-4-6-15(28-3)7-5-14/h4-8,12-13H,9-11H2,1-3H3,(H,22,25). The van der Waals surface area contributed by atoms with Crippen LogP contribution in [-0.2, 0) is 20.9 Å². The molecule has 3 rings (SSSR count). The van der Waals surface area contributed by atoms with Crippen LogP contribution in [-0.4, -0.2) is 41.7 Å². The monoisotopic (exact) mass is 429 g/mol. The summed E-state index contributed by atoms with van der Waals surface area (Å²) in [6.45, 7) is 3.75.